The Morgan fingerprint density at radius 2 is 1.88 bits per heavy atom. The van der Waals surface area contributed by atoms with Gasteiger partial charge in [0, 0.05) is 11.7 Å². The lowest BCUT2D eigenvalue weighted by Crippen LogP contribution is -2.44. The second kappa shape index (κ2) is 6.56. The molecule has 1 atom stereocenters. The number of anilines is 1. The molecule has 26 heavy (non-hydrogen) atoms. The molecule has 5 nitrogen and oxygen atoms in total. The number of amides is 1. The maximum atomic E-state index is 13.1. The summed E-state index contributed by atoms with van der Waals surface area (Å²) in [6, 6.07) is 13.9. The molecule has 4 rings (SSSR count). The highest BCUT2D eigenvalue weighted by Gasteiger charge is 2.42. The van der Waals surface area contributed by atoms with Crippen LogP contribution >= 0.6 is 0 Å². The van der Waals surface area contributed by atoms with Crippen molar-refractivity contribution in [1.29, 1.82) is 0 Å². The third-order valence-corrected chi connectivity index (χ3v) is 4.77. The van der Waals surface area contributed by atoms with Crippen molar-refractivity contribution in [2.24, 2.45) is 0 Å². The number of ether oxygens (including phenoxy) is 2. The average molecular weight is 352 g/mol. The number of methoxy groups -OCH3 is 1. The Hall–Kier alpha value is -2.69. The van der Waals surface area contributed by atoms with E-state index in [1.54, 1.807) is 7.11 Å². The van der Waals surface area contributed by atoms with Crippen LogP contribution in [0.25, 0.3) is 0 Å². The van der Waals surface area contributed by atoms with Crippen molar-refractivity contribution in [3.8, 4) is 11.5 Å². The van der Waals surface area contributed by atoms with Gasteiger partial charge in [0.25, 0.3) is 5.91 Å². The zero-order valence-corrected chi connectivity index (χ0v) is 15.4. The summed E-state index contributed by atoms with van der Waals surface area (Å²) in [7, 11) is 1.64. The fourth-order valence-corrected chi connectivity index (χ4v) is 3.45. The number of hydrogen-bond donors (Lipinski definition) is 1. The zero-order chi connectivity index (χ0) is 18.3. The van der Waals surface area contributed by atoms with Crippen LogP contribution in [-0.2, 0) is 0 Å². The molecule has 0 unspecified atom stereocenters. The van der Waals surface area contributed by atoms with Gasteiger partial charge in [0.05, 0.1) is 18.8 Å². The summed E-state index contributed by atoms with van der Waals surface area (Å²) in [6.07, 6.45) is 1.97. The lowest BCUT2D eigenvalue weighted by molar-refractivity contribution is 0.0666. The third-order valence-electron chi connectivity index (χ3n) is 4.77. The number of hydrogen-bond acceptors (Lipinski definition) is 4. The Morgan fingerprint density at radius 1 is 1.12 bits per heavy atom. The van der Waals surface area contributed by atoms with Crippen LogP contribution in [0, 0.1) is 0 Å². The molecule has 5 heteroatoms. The van der Waals surface area contributed by atoms with Crippen LogP contribution in [0.4, 0.5) is 5.69 Å². The molecule has 1 heterocycles. The Labute approximate surface area is 153 Å². The van der Waals surface area contributed by atoms with Gasteiger partial charge in [0.1, 0.15) is 6.17 Å². The lowest BCUT2D eigenvalue weighted by atomic mass is 10.0. The molecule has 1 N–H and O–H groups in total. The second-order valence-electron chi connectivity index (χ2n) is 7.11. The molecule has 1 saturated carbocycles. The summed E-state index contributed by atoms with van der Waals surface area (Å²) in [5.41, 5.74) is 2.61. The Bertz CT molecular complexity index is 830. The van der Waals surface area contributed by atoms with Crippen molar-refractivity contribution in [1.82, 2.24) is 4.90 Å². The zero-order valence-electron chi connectivity index (χ0n) is 15.4. The summed E-state index contributed by atoms with van der Waals surface area (Å²) in [5.74, 6) is 1.49. The molecule has 0 radical (unpaired) electrons. The largest absolute Gasteiger partial charge is 0.493 e. The highest BCUT2D eigenvalue weighted by atomic mass is 16.5. The molecule has 1 amide bonds. The Kier molecular flexibility index (Phi) is 4.23. The van der Waals surface area contributed by atoms with E-state index in [0.29, 0.717) is 17.5 Å². The van der Waals surface area contributed by atoms with Crippen LogP contribution in [-0.4, -0.2) is 30.1 Å². The topological polar surface area (TPSA) is 50.8 Å². The maximum Gasteiger partial charge on any atom is 0.258 e. The summed E-state index contributed by atoms with van der Waals surface area (Å²) in [4.78, 5) is 15.1. The molecule has 0 saturated heterocycles. The fraction of sp³-hybridized carbons (Fsp3) is 0.381. The van der Waals surface area contributed by atoms with E-state index in [1.807, 2.05) is 61.2 Å². The number of para-hydroxylation sites is 1. The molecule has 1 aliphatic carbocycles. The van der Waals surface area contributed by atoms with Crippen molar-refractivity contribution >= 4 is 11.6 Å². The predicted octanol–water partition coefficient (Wildman–Crippen LogP) is 4.21. The molecule has 2 aromatic rings. The molecule has 1 fully saturated rings. The molecule has 0 aromatic heterocycles. The third kappa shape index (κ3) is 2.98. The van der Waals surface area contributed by atoms with Gasteiger partial charge in [-0.3, -0.25) is 4.79 Å². The summed E-state index contributed by atoms with van der Waals surface area (Å²) < 4.78 is 11.3. The van der Waals surface area contributed by atoms with E-state index in [1.165, 1.54) is 0 Å². The summed E-state index contributed by atoms with van der Waals surface area (Å²) >= 11 is 0. The van der Waals surface area contributed by atoms with Gasteiger partial charge in [-0.25, -0.2) is 0 Å². The number of fused-ring (bicyclic) bond motifs is 1. The number of carbonyl (C=O) groups excluding carboxylic acids is 1. The monoisotopic (exact) mass is 352 g/mol. The van der Waals surface area contributed by atoms with Gasteiger partial charge in [-0.05, 0) is 56.5 Å². The quantitative estimate of drug-likeness (QED) is 0.876. The van der Waals surface area contributed by atoms with Crippen molar-refractivity contribution in [3.05, 3.63) is 53.6 Å². The highest BCUT2D eigenvalue weighted by molar-refractivity contribution is 6.02. The van der Waals surface area contributed by atoms with Crippen LogP contribution in [0.5, 0.6) is 11.5 Å². The molecule has 136 valence electrons. The van der Waals surface area contributed by atoms with Gasteiger partial charge in [0.15, 0.2) is 11.5 Å². The van der Waals surface area contributed by atoms with E-state index in [9.17, 15) is 4.79 Å². The fourth-order valence-electron chi connectivity index (χ4n) is 3.45. The number of rotatable bonds is 5. The smallest absolute Gasteiger partial charge is 0.258 e. The van der Waals surface area contributed by atoms with E-state index < -0.39 is 0 Å². The van der Waals surface area contributed by atoms with Crippen molar-refractivity contribution in [2.75, 3.05) is 12.4 Å². The standard InChI is InChI=1S/C21H24N2O3/c1-13(2)26-18-11-8-14(12-19(18)25-3)20-22-17-7-5-4-6-16(17)21(24)23(20)15-9-10-15/h4-8,11-13,15,20,22H,9-10H2,1-3H3/t20-/m0/s1. The number of nitrogens with zero attached hydrogens (tertiary/aromatic N) is 1. The van der Waals surface area contributed by atoms with Crippen molar-refractivity contribution < 1.29 is 14.3 Å². The molecule has 1 aliphatic heterocycles. The van der Waals surface area contributed by atoms with E-state index in [4.69, 9.17) is 9.47 Å². The summed E-state index contributed by atoms with van der Waals surface area (Å²) in [5, 5.41) is 3.54. The van der Waals surface area contributed by atoms with Gasteiger partial charge >= 0.3 is 0 Å². The minimum absolute atomic E-state index is 0.0685. The van der Waals surface area contributed by atoms with Crippen molar-refractivity contribution in [3.63, 3.8) is 0 Å². The van der Waals surface area contributed by atoms with Crippen LogP contribution in [0.15, 0.2) is 42.5 Å². The second-order valence-corrected chi connectivity index (χ2v) is 7.11. The average Bonchev–Trinajstić information content (AvgIpc) is 3.46. The SMILES string of the molecule is COc1cc([C@H]2Nc3ccccc3C(=O)N2C2CC2)ccc1OC(C)C. The van der Waals surface area contributed by atoms with E-state index in [0.717, 1.165) is 29.7 Å². The highest BCUT2D eigenvalue weighted by Crippen LogP contribution is 2.42. The van der Waals surface area contributed by atoms with Gasteiger partial charge in [-0.1, -0.05) is 18.2 Å². The maximum absolute atomic E-state index is 13.1. The van der Waals surface area contributed by atoms with E-state index in [-0.39, 0.29) is 18.2 Å². The van der Waals surface area contributed by atoms with Gasteiger partial charge in [-0.2, -0.15) is 0 Å². The van der Waals surface area contributed by atoms with Gasteiger partial charge in [0.2, 0.25) is 0 Å². The minimum Gasteiger partial charge on any atom is -0.493 e. The first kappa shape index (κ1) is 16.8. The molecule has 2 aromatic carbocycles. The summed E-state index contributed by atoms with van der Waals surface area (Å²) in [6.45, 7) is 3.97. The van der Waals surface area contributed by atoms with E-state index >= 15 is 0 Å². The Balaban J connectivity index is 1.73. The molecule has 0 spiro atoms. The lowest BCUT2D eigenvalue weighted by Gasteiger charge is -2.38. The predicted molar refractivity (Wildman–Crippen MR) is 101 cm³/mol. The number of carbonyl (C=O) groups is 1. The van der Waals surface area contributed by atoms with Gasteiger partial charge < -0.3 is 19.7 Å². The minimum atomic E-state index is -0.202. The molecule has 0 bridgehead atoms. The normalized spacial score (nSPS) is 19.2. The molecular weight excluding hydrogens is 328 g/mol. The first-order valence-electron chi connectivity index (χ1n) is 9.11. The van der Waals surface area contributed by atoms with Crippen LogP contribution in [0.1, 0.15) is 48.8 Å². The van der Waals surface area contributed by atoms with Crippen molar-refractivity contribution in [2.45, 2.75) is 45.0 Å². The van der Waals surface area contributed by atoms with Crippen LogP contribution in [0.3, 0.4) is 0 Å². The first-order chi connectivity index (χ1) is 12.6. The van der Waals surface area contributed by atoms with Crippen LogP contribution < -0.4 is 14.8 Å². The number of benzene rings is 2. The molecule has 2 aliphatic rings. The Morgan fingerprint density at radius 3 is 2.58 bits per heavy atom. The number of nitrogens with one attached hydrogen (secondary N) is 1. The van der Waals surface area contributed by atoms with Gasteiger partial charge in [-0.15, -0.1) is 0 Å². The molecular formula is C21H24N2O3. The van der Waals surface area contributed by atoms with Crippen LogP contribution in [0.2, 0.25) is 0 Å². The first-order valence-corrected chi connectivity index (χ1v) is 9.11. The van der Waals surface area contributed by atoms with E-state index in [2.05, 4.69) is 5.32 Å².